The number of carbonyl (C=O) groups excluding carboxylic acids is 1. The molecule has 2 aromatic heterocycles. The zero-order valence-corrected chi connectivity index (χ0v) is 11.2. The fourth-order valence-corrected chi connectivity index (χ4v) is 3.33. The van der Waals surface area contributed by atoms with Crippen LogP contribution in [0.2, 0.25) is 5.15 Å². The van der Waals surface area contributed by atoms with Crippen LogP contribution in [-0.2, 0) is 10.5 Å². The molecule has 0 aliphatic carbocycles. The van der Waals surface area contributed by atoms with Crippen LogP contribution >= 0.6 is 34.7 Å². The third kappa shape index (κ3) is 3.02. The molecule has 0 radical (unpaired) electrons. The van der Waals surface area contributed by atoms with Crippen molar-refractivity contribution in [2.75, 3.05) is 7.11 Å². The minimum atomic E-state index is -0.461. The molecule has 0 saturated carbocycles. The SMILES string of the molecule is COC(=O)c1sc(SCc2ccco2)nc1Cl. The van der Waals surface area contributed by atoms with Crippen molar-refractivity contribution >= 4 is 40.7 Å². The van der Waals surface area contributed by atoms with Crippen LogP contribution in [0.1, 0.15) is 15.4 Å². The standard InChI is InChI=1S/C10H8ClNO3S2/c1-14-9(13)7-8(11)12-10(17-7)16-5-6-3-2-4-15-6/h2-4H,5H2,1H3. The van der Waals surface area contributed by atoms with Gasteiger partial charge in [0.1, 0.15) is 5.76 Å². The Morgan fingerprint density at radius 3 is 3.18 bits per heavy atom. The van der Waals surface area contributed by atoms with Crippen LogP contribution in [0.5, 0.6) is 0 Å². The first-order chi connectivity index (χ1) is 8.20. The molecule has 0 aromatic carbocycles. The molecule has 0 amide bonds. The minimum absolute atomic E-state index is 0.184. The highest BCUT2D eigenvalue weighted by Gasteiger charge is 2.17. The average molecular weight is 290 g/mol. The van der Waals surface area contributed by atoms with Crippen molar-refractivity contribution in [1.82, 2.24) is 4.98 Å². The minimum Gasteiger partial charge on any atom is -0.468 e. The van der Waals surface area contributed by atoms with Gasteiger partial charge in [0.2, 0.25) is 0 Å². The molecule has 90 valence electrons. The van der Waals surface area contributed by atoms with Gasteiger partial charge >= 0.3 is 5.97 Å². The molecule has 2 heterocycles. The van der Waals surface area contributed by atoms with Crippen LogP contribution in [0.15, 0.2) is 27.2 Å². The van der Waals surface area contributed by atoms with Crippen molar-refractivity contribution < 1.29 is 13.9 Å². The zero-order chi connectivity index (χ0) is 12.3. The summed E-state index contributed by atoms with van der Waals surface area (Å²) in [5.41, 5.74) is 0. The lowest BCUT2D eigenvalue weighted by Crippen LogP contribution is -1.98. The average Bonchev–Trinajstić information content (AvgIpc) is 2.94. The summed E-state index contributed by atoms with van der Waals surface area (Å²) in [5, 5.41) is 0.184. The predicted molar refractivity (Wildman–Crippen MR) is 66.7 cm³/mol. The van der Waals surface area contributed by atoms with E-state index < -0.39 is 5.97 Å². The molecule has 2 aromatic rings. The molecule has 0 saturated heterocycles. The fraction of sp³-hybridized carbons (Fsp3) is 0.200. The first-order valence-corrected chi connectivity index (χ1v) is 6.78. The van der Waals surface area contributed by atoms with Crippen LogP contribution in [0.25, 0.3) is 0 Å². The number of furan rings is 1. The topological polar surface area (TPSA) is 52.3 Å². The number of thiazole rings is 1. The van der Waals surface area contributed by atoms with Gasteiger partial charge in [-0.15, -0.1) is 0 Å². The fourth-order valence-electron chi connectivity index (χ4n) is 1.09. The molecule has 7 heteroatoms. The van der Waals surface area contributed by atoms with E-state index in [9.17, 15) is 4.79 Å². The Balaban J connectivity index is 2.05. The number of halogens is 1. The van der Waals surface area contributed by atoms with Gasteiger partial charge in [0.15, 0.2) is 14.4 Å². The number of nitrogens with zero attached hydrogens (tertiary/aromatic N) is 1. The number of hydrogen-bond donors (Lipinski definition) is 0. The summed E-state index contributed by atoms with van der Waals surface area (Å²) in [5.74, 6) is 1.04. The number of aromatic nitrogens is 1. The Morgan fingerprint density at radius 1 is 1.71 bits per heavy atom. The molecule has 4 nitrogen and oxygen atoms in total. The Hall–Kier alpha value is -0.980. The smallest absolute Gasteiger partial charge is 0.351 e. The molecule has 0 unspecified atom stereocenters. The molecule has 0 spiro atoms. The maximum absolute atomic E-state index is 11.3. The number of thioether (sulfide) groups is 1. The zero-order valence-electron chi connectivity index (χ0n) is 8.81. The van der Waals surface area contributed by atoms with Gasteiger partial charge in [0.05, 0.1) is 19.1 Å². The quantitative estimate of drug-likeness (QED) is 0.637. The second-order valence-electron chi connectivity index (χ2n) is 2.96. The lowest BCUT2D eigenvalue weighted by molar-refractivity contribution is 0.0606. The summed E-state index contributed by atoms with van der Waals surface area (Å²) in [4.78, 5) is 15.7. The molecule has 0 N–H and O–H groups in total. The van der Waals surface area contributed by atoms with Gasteiger partial charge in [-0.2, -0.15) is 0 Å². The van der Waals surface area contributed by atoms with Crippen LogP contribution in [0.4, 0.5) is 0 Å². The third-order valence-electron chi connectivity index (χ3n) is 1.85. The molecular weight excluding hydrogens is 282 g/mol. The highest BCUT2D eigenvalue weighted by Crippen LogP contribution is 2.32. The van der Waals surface area contributed by atoms with E-state index >= 15 is 0 Å². The number of rotatable bonds is 4. The summed E-state index contributed by atoms with van der Waals surface area (Å²) in [6.07, 6.45) is 1.62. The van der Waals surface area contributed by atoms with Gasteiger partial charge < -0.3 is 9.15 Å². The van der Waals surface area contributed by atoms with Crippen molar-refractivity contribution in [3.63, 3.8) is 0 Å². The van der Waals surface area contributed by atoms with E-state index in [1.165, 1.54) is 30.2 Å². The number of hydrogen-bond acceptors (Lipinski definition) is 6. The molecule has 17 heavy (non-hydrogen) atoms. The Kier molecular flexibility index (Phi) is 4.09. The van der Waals surface area contributed by atoms with E-state index in [-0.39, 0.29) is 5.15 Å². The van der Waals surface area contributed by atoms with E-state index in [2.05, 4.69) is 9.72 Å². The number of methoxy groups -OCH3 is 1. The summed E-state index contributed by atoms with van der Waals surface area (Å²) in [6, 6.07) is 3.70. The number of esters is 1. The monoisotopic (exact) mass is 289 g/mol. The van der Waals surface area contributed by atoms with E-state index in [0.29, 0.717) is 15.0 Å². The van der Waals surface area contributed by atoms with E-state index in [4.69, 9.17) is 16.0 Å². The number of ether oxygens (including phenoxy) is 1. The first kappa shape index (κ1) is 12.5. The molecular formula is C10H8ClNO3S2. The summed E-state index contributed by atoms with van der Waals surface area (Å²) in [7, 11) is 1.31. The highest BCUT2D eigenvalue weighted by atomic mass is 35.5. The Labute approximate surface area is 111 Å². The molecule has 0 aliphatic rings. The second kappa shape index (κ2) is 5.57. The summed E-state index contributed by atoms with van der Waals surface area (Å²) >= 11 is 8.52. The summed E-state index contributed by atoms with van der Waals surface area (Å²) in [6.45, 7) is 0. The van der Waals surface area contributed by atoms with Crippen molar-refractivity contribution in [2.24, 2.45) is 0 Å². The van der Waals surface area contributed by atoms with Crippen LogP contribution in [-0.4, -0.2) is 18.1 Å². The Morgan fingerprint density at radius 2 is 2.53 bits per heavy atom. The third-order valence-corrected chi connectivity index (χ3v) is 4.44. The second-order valence-corrected chi connectivity index (χ2v) is 5.54. The van der Waals surface area contributed by atoms with Crippen LogP contribution < -0.4 is 0 Å². The maximum atomic E-state index is 11.3. The van der Waals surface area contributed by atoms with Gasteiger partial charge in [-0.25, -0.2) is 9.78 Å². The predicted octanol–water partition coefficient (Wildman–Crippen LogP) is 3.47. The van der Waals surface area contributed by atoms with Gasteiger partial charge in [-0.3, -0.25) is 0 Å². The van der Waals surface area contributed by atoms with E-state index in [1.54, 1.807) is 6.26 Å². The molecule has 0 atom stereocenters. The van der Waals surface area contributed by atoms with Gasteiger partial charge in [0.25, 0.3) is 0 Å². The first-order valence-electron chi connectivity index (χ1n) is 4.60. The molecule has 0 bridgehead atoms. The van der Waals surface area contributed by atoms with Crippen LogP contribution in [0.3, 0.4) is 0 Å². The van der Waals surface area contributed by atoms with Gasteiger partial charge in [-0.05, 0) is 12.1 Å². The molecule has 0 aliphatic heterocycles. The van der Waals surface area contributed by atoms with Gasteiger partial charge in [0, 0.05) is 0 Å². The maximum Gasteiger partial charge on any atom is 0.351 e. The van der Waals surface area contributed by atoms with E-state index in [1.807, 2.05) is 12.1 Å². The lowest BCUT2D eigenvalue weighted by Gasteiger charge is -1.93. The largest absolute Gasteiger partial charge is 0.468 e. The normalized spacial score (nSPS) is 10.5. The van der Waals surface area contributed by atoms with E-state index in [0.717, 1.165) is 5.76 Å². The number of carbonyl (C=O) groups is 1. The van der Waals surface area contributed by atoms with Crippen molar-refractivity contribution in [3.8, 4) is 0 Å². The summed E-state index contributed by atoms with van der Waals surface area (Å²) < 4.78 is 10.5. The Bertz CT molecular complexity index is 510. The van der Waals surface area contributed by atoms with Crippen molar-refractivity contribution in [2.45, 2.75) is 10.1 Å². The van der Waals surface area contributed by atoms with Crippen molar-refractivity contribution in [3.05, 3.63) is 34.2 Å². The molecule has 2 rings (SSSR count). The van der Waals surface area contributed by atoms with Crippen LogP contribution in [0, 0.1) is 0 Å². The van der Waals surface area contributed by atoms with Crippen molar-refractivity contribution in [1.29, 1.82) is 0 Å². The molecule has 0 fully saturated rings. The highest BCUT2D eigenvalue weighted by molar-refractivity contribution is 8.00. The van der Waals surface area contributed by atoms with Gasteiger partial charge in [-0.1, -0.05) is 34.7 Å². The lowest BCUT2D eigenvalue weighted by atomic mass is 10.5.